The summed E-state index contributed by atoms with van der Waals surface area (Å²) in [5, 5.41) is 11.5. The van der Waals surface area contributed by atoms with E-state index in [2.05, 4.69) is 52.0 Å². The third-order valence-corrected chi connectivity index (χ3v) is 4.30. The standard InChI is InChI=1S/C21H26NO2/c1-15(2)19-9-5-17(6-10-19)13-22(21(23)24)14-18-7-11-20(12-8-18)16(3)4/h5-12,15-16H,13-14H2,1-4H3. The Morgan fingerprint density at radius 1 is 0.750 bits per heavy atom. The highest BCUT2D eigenvalue weighted by atomic mass is 16.4. The molecule has 2 aromatic rings. The highest BCUT2D eigenvalue weighted by Gasteiger charge is 2.15. The maximum Gasteiger partial charge on any atom is 0.453 e. The minimum absolute atomic E-state index is 0.340. The number of amides is 1. The zero-order chi connectivity index (χ0) is 17.7. The Kier molecular flexibility index (Phi) is 6.02. The monoisotopic (exact) mass is 324 g/mol. The van der Waals surface area contributed by atoms with Crippen LogP contribution in [0.1, 0.15) is 61.8 Å². The summed E-state index contributed by atoms with van der Waals surface area (Å²) >= 11 is 0. The van der Waals surface area contributed by atoms with Gasteiger partial charge in [0.1, 0.15) is 0 Å². The second-order valence-corrected chi connectivity index (χ2v) is 6.91. The van der Waals surface area contributed by atoms with Crippen molar-refractivity contribution < 1.29 is 9.90 Å². The molecule has 24 heavy (non-hydrogen) atoms. The van der Waals surface area contributed by atoms with Crippen LogP contribution in [0.2, 0.25) is 0 Å². The van der Waals surface area contributed by atoms with E-state index < -0.39 is 6.09 Å². The minimum Gasteiger partial charge on any atom is -0.297 e. The quantitative estimate of drug-likeness (QED) is 0.693. The first-order valence-corrected chi connectivity index (χ1v) is 8.50. The van der Waals surface area contributed by atoms with Crippen molar-refractivity contribution in [3.05, 3.63) is 70.8 Å². The van der Waals surface area contributed by atoms with Gasteiger partial charge in [-0.2, -0.15) is 0 Å². The largest absolute Gasteiger partial charge is 0.453 e. The summed E-state index contributed by atoms with van der Waals surface area (Å²) in [5.41, 5.74) is 4.45. The molecule has 3 heteroatoms. The predicted molar refractivity (Wildman–Crippen MR) is 96.4 cm³/mol. The molecule has 0 aromatic heterocycles. The lowest BCUT2D eigenvalue weighted by atomic mass is 10.0. The molecule has 0 fully saturated rings. The zero-order valence-electron chi connectivity index (χ0n) is 15.0. The molecule has 0 saturated heterocycles. The van der Waals surface area contributed by atoms with E-state index in [1.165, 1.54) is 16.0 Å². The van der Waals surface area contributed by atoms with Gasteiger partial charge in [0.25, 0.3) is 0 Å². The topological polar surface area (TPSA) is 40.2 Å². The number of benzene rings is 2. The molecule has 0 atom stereocenters. The van der Waals surface area contributed by atoms with Crippen LogP contribution in [0, 0.1) is 0 Å². The van der Waals surface area contributed by atoms with Crippen LogP contribution in [0.5, 0.6) is 0 Å². The Morgan fingerprint density at radius 3 is 1.33 bits per heavy atom. The molecule has 0 bridgehead atoms. The lowest BCUT2D eigenvalue weighted by Gasteiger charge is -2.19. The molecule has 0 saturated carbocycles. The molecular formula is C21H26NO2. The van der Waals surface area contributed by atoms with Crippen molar-refractivity contribution in [2.24, 2.45) is 0 Å². The Morgan fingerprint density at radius 2 is 1.08 bits per heavy atom. The maximum atomic E-state index is 11.5. The Hall–Kier alpha value is -2.29. The normalized spacial score (nSPS) is 11.1. The van der Waals surface area contributed by atoms with Gasteiger partial charge in [-0.15, -0.1) is 0 Å². The van der Waals surface area contributed by atoms with Gasteiger partial charge >= 0.3 is 6.09 Å². The number of nitrogens with zero attached hydrogens (tertiary/aromatic N) is 1. The summed E-state index contributed by atoms with van der Waals surface area (Å²) in [4.78, 5) is 12.8. The summed E-state index contributed by atoms with van der Waals surface area (Å²) in [6, 6.07) is 16.2. The fourth-order valence-corrected chi connectivity index (χ4v) is 2.64. The highest BCUT2D eigenvalue weighted by molar-refractivity contribution is 5.64. The average Bonchev–Trinajstić information content (AvgIpc) is 2.55. The van der Waals surface area contributed by atoms with Crippen LogP contribution >= 0.6 is 0 Å². The summed E-state index contributed by atoms with van der Waals surface area (Å²) in [6.45, 7) is 9.25. The van der Waals surface area contributed by atoms with Crippen LogP contribution in [0.3, 0.4) is 0 Å². The second-order valence-electron chi connectivity index (χ2n) is 6.91. The van der Waals surface area contributed by atoms with Crippen molar-refractivity contribution in [3.63, 3.8) is 0 Å². The summed E-state index contributed by atoms with van der Waals surface area (Å²) in [5.74, 6) is 0.937. The fraction of sp³-hybridized carbons (Fsp3) is 0.381. The van der Waals surface area contributed by atoms with Gasteiger partial charge in [0, 0.05) is 13.1 Å². The first-order chi connectivity index (χ1) is 11.4. The van der Waals surface area contributed by atoms with E-state index in [0.717, 1.165) is 11.1 Å². The smallest absolute Gasteiger partial charge is 0.297 e. The van der Waals surface area contributed by atoms with Crippen LogP contribution in [-0.2, 0) is 18.2 Å². The second kappa shape index (κ2) is 8.00. The molecule has 2 aromatic carbocycles. The van der Waals surface area contributed by atoms with Crippen LogP contribution in [0.25, 0.3) is 0 Å². The molecular weight excluding hydrogens is 298 g/mol. The minimum atomic E-state index is -1.14. The molecule has 0 N–H and O–H groups in total. The van der Waals surface area contributed by atoms with Gasteiger partial charge in [-0.3, -0.25) is 4.90 Å². The Balaban J connectivity index is 2.07. The Bertz CT molecular complexity index is 604. The summed E-state index contributed by atoms with van der Waals surface area (Å²) < 4.78 is 0. The molecule has 1 amide bonds. The van der Waals surface area contributed by atoms with Crippen molar-refractivity contribution in [2.75, 3.05) is 0 Å². The first kappa shape index (κ1) is 18.1. The molecule has 0 spiro atoms. The van der Waals surface area contributed by atoms with E-state index in [4.69, 9.17) is 0 Å². The van der Waals surface area contributed by atoms with Gasteiger partial charge in [-0.1, -0.05) is 76.2 Å². The maximum absolute atomic E-state index is 11.5. The van der Waals surface area contributed by atoms with Gasteiger partial charge in [0.15, 0.2) is 0 Å². The molecule has 2 rings (SSSR count). The van der Waals surface area contributed by atoms with Crippen molar-refractivity contribution in [2.45, 2.75) is 52.6 Å². The summed E-state index contributed by atoms with van der Waals surface area (Å²) in [6.07, 6.45) is -1.14. The molecule has 0 heterocycles. The van der Waals surface area contributed by atoms with Crippen molar-refractivity contribution in [1.82, 2.24) is 4.90 Å². The SMILES string of the molecule is CC(C)c1ccc(CN(Cc2ccc(C(C)C)cc2)C([O])=O)cc1. The lowest BCUT2D eigenvalue weighted by molar-refractivity contribution is 0.114. The number of carbonyl (C=O) groups excluding carboxylic acids is 1. The number of carbonyl (C=O) groups is 1. The molecule has 0 unspecified atom stereocenters. The molecule has 0 aliphatic rings. The van der Waals surface area contributed by atoms with E-state index in [1.807, 2.05) is 24.3 Å². The van der Waals surface area contributed by atoms with E-state index in [-0.39, 0.29) is 0 Å². The third kappa shape index (κ3) is 4.85. The molecule has 0 aliphatic heterocycles. The number of hydrogen-bond donors (Lipinski definition) is 0. The third-order valence-electron chi connectivity index (χ3n) is 4.30. The Labute approximate surface area is 144 Å². The molecule has 3 nitrogen and oxygen atoms in total. The fourth-order valence-electron chi connectivity index (χ4n) is 2.64. The van der Waals surface area contributed by atoms with Crippen LogP contribution in [0.15, 0.2) is 48.5 Å². The van der Waals surface area contributed by atoms with E-state index >= 15 is 0 Å². The van der Waals surface area contributed by atoms with Gasteiger partial charge in [-0.25, -0.2) is 9.90 Å². The van der Waals surface area contributed by atoms with E-state index in [1.54, 1.807) is 0 Å². The zero-order valence-corrected chi connectivity index (χ0v) is 15.0. The predicted octanol–water partition coefficient (Wildman–Crippen LogP) is 5.49. The number of rotatable bonds is 6. The van der Waals surface area contributed by atoms with Crippen LogP contribution < -0.4 is 0 Å². The molecule has 1 radical (unpaired) electrons. The first-order valence-electron chi connectivity index (χ1n) is 8.50. The van der Waals surface area contributed by atoms with Gasteiger partial charge in [0.05, 0.1) is 0 Å². The van der Waals surface area contributed by atoms with Crippen molar-refractivity contribution in [3.8, 4) is 0 Å². The van der Waals surface area contributed by atoms with E-state index in [9.17, 15) is 9.90 Å². The highest BCUT2D eigenvalue weighted by Crippen LogP contribution is 2.18. The lowest BCUT2D eigenvalue weighted by Crippen LogP contribution is -2.27. The van der Waals surface area contributed by atoms with Gasteiger partial charge in [-0.05, 0) is 34.1 Å². The molecule has 0 aliphatic carbocycles. The average molecular weight is 324 g/mol. The van der Waals surface area contributed by atoms with Gasteiger partial charge < -0.3 is 0 Å². The van der Waals surface area contributed by atoms with Crippen LogP contribution in [0.4, 0.5) is 4.79 Å². The van der Waals surface area contributed by atoms with E-state index in [0.29, 0.717) is 24.9 Å². The van der Waals surface area contributed by atoms with Crippen LogP contribution in [-0.4, -0.2) is 11.0 Å². The molecule has 127 valence electrons. The van der Waals surface area contributed by atoms with Crippen molar-refractivity contribution >= 4 is 6.09 Å². The van der Waals surface area contributed by atoms with Crippen molar-refractivity contribution in [1.29, 1.82) is 0 Å². The van der Waals surface area contributed by atoms with Gasteiger partial charge in [0.2, 0.25) is 0 Å². The summed E-state index contributed by atoms with van der Waals surface area (Å²) in [7, 11) is 0. The number of hydrogen-bond acceptors (Lipinski definition) is 1.